The van der Waals surface area contributed by atoms with Gasteiger partial charge in [0.15, 0.2) is 4.34 Å². The summed E-state index contributed by atoms with van der Waals surface area (Å²) in [7, 11) is 0. The highest BCUT2D eigenvalue weighted by Crippen LogP contribution is 2.46. The van der Waals surface area contributed by atoms with E-state index >= 15 is 0 Å². The Bertz CT molecular complexity index is 1070. The number of rotatable bonds is 18. The number of thioether (sulfide) groups is 1. The number of hydrogen-bond donors (Lipinski definition) is 2. The van der Waals surface area contributed by atoms with E-state index in [2.05, 4.69) is 30.3 Å². The van der Waals surface area contributed by atoms with E-state index < -0.39 is 23.1 Å². The summed E-state index contributed by atoms with van der Waals surface area (Å²) in [6.07, 6.45) is 15.9. The molecule has 3 aromatic rings. The number of nitrogens with zero attached hydrogens (tertiary/aromatic N) is 1. The average Bonchev–Trinajstić information content (AvgIpc) is 3.40. The van der Waals surface area contributed by atoms with Gasteiger partial charge in [-0.15, -0.1) is 11.3 Å². The second-order valence-electron chi connectivity index (χ2n) is 10.3. The summed E-state index contributed by atoms with van der Waals surface area (Å²) < 4.78 is -0.437. The second kappa shape index (κ2) is 23.1. The molecular weight excluding hydrogens is 567 g/mol. The predicted octanol–water partition coefficient (Wildman–Crippen LogP) is 4.35. The molecule has 0 aliphatic carbocycles. The highest BCUT2D eigenvalue weighted by atomic mass is 32.2. The molecule has 9 heteroatoms. The van der Waals surface area contributed by atoms with Gasteiger partial charge in [0.05, 0.1) is 34.0 Å². The van der Waals surface area contributed by atoms with Crippen molar-refractivity contribution in [1.82, 2.24) is 4.98 Å². The maximum Gasteiger partial charge on any atom is 0.152 e. The molecule has 0 amide bonds. The number of quaternary nitrogens is 2. The lowest BCUT2D eigenvalue weighted by Crippen LogP contribution is -2.50. The number of aromatic nitrogens is 1. The number of carbonyl (C=O) groups is 2. The monoisotopic (exact) mass is 617 g/mol. The van der Waals surface area contributed by atoms with Crippen LogP contribution in [0.5, 0.6) is 0 Å². The molecule has 2 aromatic carbocycles. The standard InChI is InChI=1S/C17H13NO4S2.2C8H19N/c19-14(20)10-17(15(21)22,11-6-2-1-3-7-11)24-16-18-12-8-4-5-9-13(12)23-16;2*1-2-3-4-5-6-7-8-9/h1-9H,10H2,(H,19,20)(H,21,22);2*2-9H2,1H3. The third kappa shape index (κ3) is 14.6. The summed E-state index contributed by atoms with van der Waals surface area (Å²) in [5, 5.41) is 23.2. The Balaban J connectivity index is 0.000000405. The molecule has 1 aromatic heterocycles. The number of carbonyl (C=O) groups excluding carboxylic acids is 2. The highest BCUT2D eigenvalue weighted by Gasteiger charge is 2.37. The van der Waals surface area contributed by atoms with Gasteiger partial charge in [0.25, 0.3) is 0 Å². The van der Waals surface area contributed by atoms with Crippen LogP contribution in [0.3, 0.4) is 0 Å². The molecule has 3 rings (SSSR count). The van der Waals surface area contributed by atoms with Gasteiger partial charge in [-0.1, -0.05) is 119 Å². The summed E-state index contributed by atoms with van der Waals surface area (Å²) >= 11 is 2.19. The molecule has 0 radical (unpaired) electrons. The Hall–Kier alpha value is -2.46. The largest absolute Gasteiger partial charge is 0.550 e. The van der Waals surface area contributed by atoms with E-state index in [1.165, 1.54) is 88.4 Å². The Labute approximate surface area is 260 Å². The number of carboxylic acids is 2. The van der Waals surface area contributed by atoms with E-state index in [1.54, 1.807) is 30.3 Å². The Morgan fingerprint density at radius 3 is 1.74 bits per heavy atom. The minimum absolute atomic E-state index is 0.332. The quantitative estimate of drug-likeness (QED) is 0.160. The summed E-state index contributed by atoms with van der Waals surface area (Å²) in [4.78, 5) is 27.5. The number of carboxylic acid groups (broad SMARTS) is 2. The lowest BCUT2D eigenvalue weighted by Gasteiger charge is -2.34. The summed E-state index contributed by atoms with van der Waals surface area (Å²) in [6, 6.07) is 15.6. The van der Waals surface area contributed by atoms with Gasteiger partial charge in [-0.3, -0.25) is 0 Å². The van der Waals surface area contributed by atoms with E-state index in [0.29, 0.717) is 9.90 Å². The van der Waals surface area contributed by atoms with Crippen molar-refractivity contribution in [1.29, 1.82) is 0 Å². The number of benzene rings is 2. The topological polar surface area (TPSA) is 148 Å². The summed E-state index contributed by atoms with van der Waals surface area (Å²) in [5.41, 5.74) is 8.67. The summed E-state index contributed by atoms with van der Waals surface area (Å²) in [6.45, 7) is 6.74. The molecule has 7 nitrogen and oxygen atoms in total. The van der Waals surface area contributed by atoms with Crippen molar-refractivity contribution in [3.63, 3.8) is 0 Å². The number of aliphatic carboxylic acids is 2. The van der Waals surface area contributed by atoms with Gasteiger partial charge in [0.1, 0.15) is 0 Å². The first-order valence-corrected chi connectivity index (χ1v) is 17.1. The molecule has 1 heterocycles. The molecule has 0 saturated heterocycles. The van der Waals surface area contributed by atoms with Gasteiger partial charge in [-0.25, -0.2) is 4.98 Å². The first kappa shape index (κ1) is 37.6. The molecule has 1 atom stereocenters. The maximum atomic E-state index is 11.9. The molecule has 0 saturated carbocycles. The first-order chi connectivity index (χ1) is 20.3. The maximum absolute atomic E-state index is 11.9. The lowest BCUT2D eigenvalue weighted by molar-refractivity contribution is -0.368. The molecular formula is C33H51N3O4S2. The average molecular weight is 618 g/mol. The van der Waals surface area contributed by atoms with Crippen LogP contribution in [-0.2, 0) is 14.3 Å². The van der Waals surface area contributed by atoms with E-state index in [1.807, 2.05) is 24.3 Å². The third-order valence-corrected chi connectivity index (χ3v) is 9.20. The minimum Gasteiger partial charge on any atom is -0.550 e. The molecule has 0 fully saturated rings. The van der Waals surface area contributed by atoms with Crippen LogP contribution in [0.15, 0.2) is 58.9 Å². The molecule has 0 bridgehead atoms. The van der Waals surface area contributed by atoms with Crippen molar-refractivity contribution in [3.8, 4) is 0 Å². The fourth-order valence-electron chi connectivity index (χ4n) is 4.30. The smallest absolute Gasteiger partial charge is 0.152 e. The SMILES string of the molecule is CCCCCCCC[NH3+].CCCCCCCC[NH3+].O=C([O-])CC(Sc1nc2ccccc2s1)(C(=O)[O-])c1ccccc1. The predicted molar refractivity (Wildman–Crippen MR) is 170 cm³/mol. The Kier molecular flexibility index (Phi) is 20.6. The van der Waals surface area contributed by atoms with Gasteiger partial charge >= 0.3 is 0 Å². The van der Waals surface area contributed by atoms with Gasteiger partial charge in [-0.2, -0.15) is 0 Å². The van der Waals surface area contributed by atoms with Crippen LogP contribution < -0.4 is 21.7 Å². The number of fused-ring (bicyclic) bond motifs is 1. The Morgan fingerprint density at radius 1 is 0.762 bits per heavy atom. The zero-order valence-electron chi connectivity index (χ0n) is 25.6. The normalized spacial score (nSPS) is 12.0. The van der Waals surface area contributed by atoms with Crippen LogP contribution in [0.2, 0.25) is 0 Å². The molecule has 6 N–H and O–H groups in total. The van der Waals surface area contributed by atoms with Gasteiger partial charge in [-0.05, 0) is 43.4 Å². The zero-order valence-corrected chi connectivity index (χ0v) is 27.2. The van der Waals surface area contributed by atoms with E-state index in [4.69, 9.17) is 0 Å². The van der Waals surface area contributed by atoms with Gasteiger partial charge in [0.2, 0.25) is 0 Å². The fourth-order valence-corrected chi connectivity index (χ4v) is 6.83. The number of thiazole rings is 1. The summed E-state index contributed by atoms with van der Waals surface area (Å²) in [5.74, 6) is -2.95. The van der Waals surface area contributed by atoms with Crippen molar-refractivity contribution in [3.05, 3.63) is 60.2 Å². The van der Waals surface area contributed by atoms with Crippen LogP contribution in [-0.4, -0.2) is 30.0 Å². The van der Waals surface area contributed by atoms with Crippen molar-refractivity contribution < 1.29 is 31.3 Å². The molecule has 1 unspecified atom stereocenters. The van der Waals surface area contributed by atoms with Crippen LogP contribution in [0.25, 0.3) is 10.2 Å². The van der Waals surface area contributed by atoms with Crippen molar-refractivity contribution in [2.24, 2.45) is 0 Å². The van der Waals surface area contributed by atoms with Crippen molar-refractivity contribution in [2.45, 2.75) is 106 Å². The van der Waals surface area contributed by atoms with E-state index in [0.717, 1.165) is 35.1 Å². The molecule has 0 aliphatic rings. The van der Waals surface area contributed by atoms with Gasteiger partial charge < -0.3 is 31.3 Å². The molecule has 0 spiro atoms. The van der Waals surface area contributed by atoms with Crippen LogP contribution in [0.4, 0.5) is 0 Å². The second-order valence-corrected chi connectivity index (χ2v) is 12.9. The highest BCUT2D eigenvalue weighted by molar-refractivity contribution is 8.02. The molecule has 0 aliphatic heterocycles. The zero-order chi connectivity index (χ0) is 31.1. The van der Waals surface area contributed by atoms with E-state index in [-0.39, 0.29) is 0 Å². The third-order valence-electron chi connectivity index (χ3n) is 6.71. The van der Waals surface area contributed by atoms with Crippen LogP contribution in [0, 0.1) is 0 Å². The Morgan fingerprint density at radius 2 is 1.26 bits per heavy atom. The number of unbranched alkanes of at least 4 members (excludes halogenated alkanes) is 10. The van der Waals surface area contributed by atoms with E-state index in [9.17, 15) is 19.8 Å². The number of hydrogen-bond acceptors (Lipinski definition) is 7. The van der Waals surface area contributed by atoms with Crippen LogP contribution in [0.1, 0.15) is 103 Å². The molecule has 42 heavy (non-hydrogen) atoms. The molecule has 234 valence electrons. The minimum atomic E-state index is -1.80. The fraction of sp³-hybridized carbons (Fsp3) is 0.545. The van der Waals surface area contributed by atoms with Crippen molar-refractivity contribution in [2.75, 3.05) is 13.1 Å². The first-order valence-electron chi connectivity index (χ1n) is 15.4. The van der Waals surface area contributed by atoms with Crippen molar-refractivity contribution >= 4 is 45.3 Å². The number of para-hydroxylation sites is 1. The van der Waals surface area contributed by atoms with Crippen LogP contribution >= 0.6 is 23.1 Å². The van der Waals surface area contributed by atoms with Gasteiger partial charge in [0, 0.05) is 12.4 Å². The lowest BCUT2D eigenvalue weighted by atomic mass is 9.95.